The quantitative estimate of drug-likeness (QED) is 0.441. The van der Waals surface area contributed by atoms with Gasteiger partial charge in [0, 0.05) is 10.2 Å². The highest BCUT2D eigenvalue weighted by atomic mass is 79.9. The van der Waals surface area contributed by atoms with E-state index < -0.39 is 13.8 Å². The van der Waals surface area contributed by atoms with E-state index in [9.17, 15) is 9.36 Å². The minimum Gasteiger partial charge on any atom is -0.493 e. The van der Waals surface area contributed by atoms with Crippen LogP contribution in [0.25, 0.3) is 0 Å². The van der Waals surface area contributed by atoms with Crippen molar-refractivity contribution in [3.63, 3.8) is 0 Å². The lowest BCUT2D eigenvalue weighted by molar-refractivity contribution is 0.102. The normalized spacial score (nSPS) is 11.2. The second-order valence-electron chi connectivity index (χ2n) is 5.66. The number of halogens is 1. The minimum atomic E-state index is -4.16. The molecule has 0 aliphatic heterocycles. The average Bonchev–Trinajstić information content (AvgIpc) is 2.50. The van der Waals surface area contributed by atoms with Gasteiger partial charge in [-0.05, 0) is 23.7 Å². The molecule has 0 saturated carbocycles. The summed E-state index contributed by atoms with van der Waals surface area (Å²) < 4.78 is 17.2. The summed E-state index contributed by atoms with van der Waals surface area (Å²) in [5.74, 6) is -0.0549. The number of nitrogens with one attached hydrogen (secondary N) is 1. The fraction of sp³-hybridized carbons (Fsp3) is 0.133. The molecule has 0 aromatic heterocycles. The molecule has 1 amide bonds. The molecule has 0 spiro atoms. The Bertz CT molecular complexity index is 825. The molecule has 0 heterocycles. The summed E-state index contributed by atoms with van der Waals surface area (Å²) in [6, 6.07) is 10.8. The van der Waals surface area contributed by atoms with Crippen molar-refractivity contribution in [1.82, 2.24) is 0 Å². The number of carbonyl (C=O) groups excluding carboxylic acids is 1. The zero-order chi connectivity index (χ0) is 18.6. The fourth-order valence-corrected chi connectivity index (χ4v) is 3.09. The maximum atomic E-state index is 12.6. The van der Waals surface area contributed by atoms with E-state index in [0.717, 1.165) is 5.46 Å². The topological polar surface area (TPSA) is 95.9 Å². The molecule has 130 valence electrons. The average molecular weight is 424 g/mol. The van der Waals surface area contributed by atoms with Crippen molar-refractivity contribution in [2.24, 2.45) is 0 Å². The van der Waals surface area contributed by atoms with E-state index in [-0.39, 0.29) is 18.1 Å². The summed E-state index contributed by atoms with van der Waals surface area (Å²) in [5.41, 5.74) is 2.71. The summed E-state index contributed by atoms with van der Waals surface area (Å²) in [5, 5.41) is 2.79. The lowest BCUT2D eigenvalue weighted by Crippen LogP contribution is -2.20. The van der Waals surface area contributed by atoms with Crippen LogP contribution in [0.4, 0.5) is 5.69 Å². The Balaban J connectivity index is 2.24. The summed E-state index contributed by atoms with van der Waals surface area (Å²) in [4.78, 5) is 30.5. The minimum absolute atomic E-state index is 0.183. The van der Waals surface area contributed by atoms with Gasteiger partial charge in [-0.2, -0.15) is 0 Å². The van der Waals surface area contributed by atoms with Crippen LogP contribution in [0, 0.1) is 0 Å². The van der Waals surface area contributed by atoms with Crippen molar-refractivity contribution < 1.29 is 23.9 Å². The first-order chi connectivity index (χ1) is 11.7. The summed E-state index contributed by atoms with van der Waals surface area (Å²) >= 11 is 3.35. The molecule has 6 nitrogen and oxygen atoms in total. The third-order valence-electron chi connectivity index (χ3n) is 3.42. The summed E-state index contributed by atoms with van der Waals surface area (Å²) in [6.45, 7) is -0.183. The number of anilines is 1. The standard InChI is InChI=1S/C15H17B2BrNO5P/c16-9-1-3-11(4-2-9)19-15(20)12-7-10(18)8-13(17)14(12)24-5-6-25(21,22)23/h1-4,7-8H,5-6,16-17H2,(H,19,20)(H2,21,22,23). The van der Waals surface area contributed by atoms with Gasteiger partial charge in [0.2, 0.25) is 0 Å². The van der Waals surface area contributed by atoms with Crippen molar-refractivity contribution in [3.8, 4) is 5.75 Å². The number of carbonyl (C=O) groups is 1. The first-order valence-electron chi connectivity index (χ1n) is 7.51. The maximum Gasteiger partial charge on any atom is 0.328 e. The second-order valence-corrected chi connectivity index (χ2v) is 8.35. The molecule has 2 aromatic rings. The highest BCUT2D eigenvalue weighted by molar-refractivity contribution is 9.10. The molecule has 0 unspecified atom stereocenters. The maximum absolute atomic E-state index is 12.6. The molecule has 2 rings (SSSR count). The van der Waals surface area contributed by atoms with Crippen LogP contribution in [0.5, 0.6) is 5.75 Å². The fourth-order valence-electron chi connectivity index (χ4n) is 2.19. The molecule has 25 heavy (non-hydrogen) atoms. The lowest BCUT2D eigenvalue weighted by atomic mass is 9.92. The molecule has 0 aliphatic rings. The van der Waals surface area contributed by atoms with E-state index in [1.165, 1.54) is 0 Å². The van der Waals surface area contributed by atoms with Crippen LogP contribution in [0.15, 0.2) is 40.9 Å². The van der Waals surface area contributed by atoms with Crippen LogP contribution >= 0.6 is 23.5 Å². The van der Waals surface area contributed by atoms with E-state index >= 15 is 0 Å². The van der Waals surface area contributed by atoms with Gasteiger partial charge >= 0.3 is 7.60 Å². The van der Waals surface area contributed by atoms with Gasteiger partial charge < -0.3 is 19.8 Å². The van der Waals surface area contributed by atoms with Crippen LogP contribution in [-0.2, 0) is 4.57 Å². The predicted octanol–water partition coefficient (Wildman–Crippen LogP) is -0.225. The zero-order valence-electron chi connectivity index (χ0n) is 13.8. The Labute approximate surface area is 156 Å². The van der Waals surface area contributed by atoms with Crippen molar-refractivity contribution in [2.75, 3.05) is 18.1 Å². The van der Waals surface area contributed by atoms with Crippen LogP contribution in [0.1, 0.15) is 10.4 Å². The Morgan fingerprint density at radius 3 is 2.44 bits per heavy atom. The van der Waals surface area contributed by atoms with E-state index in [1.54, 1.807) is 32.1 Å². The van der Waals surface area contributed by atoms with Gasteiger partial charge in [0.1, 0.15) is 21.4 Å². The zero-order valence-corrected chi connectivity index (χ0v) is 16.3. The van der Waals surface area contributed by atoms with Crippen molar-refractivity contribution >= 4 is 61.7 Å². The Morgan fingerprint density at radius 2 is 1.84 bits per heavy atom. The van der Waals surface area contributed by atoms with Crippen LogP contribution in [0.3, 0.4) is 0 Å². The molecule has 0 saturated heterocycles. The van der Waals surface area contributed by atoms with Crippen LogP contribution in [0.2, 0.25) is 0 Å². The Kier molecular flexibility index (Phi) is 6.52. The number of amides is 1. The molecule has 0 fully saturated rings. The summed E-state index contributed by atoms with van der Waals surface area (Å²) in [7, 11) is -0.442. The molecule has 10 heteroatoms. The van der Waals surface area contributed by atoms with Gasteiger partial charge in [-0.1, -0.05) is 39.6 Å². The van der Waals surface area contributed by atoms with Crippen molar-refractivity contribution in [3.05, 3.63) is 46.4 Å². The number of rotatable bonds is 6. The molecule has 0 aliphatic carbocycles. The molecule has 3 N–H and O–H groups in total. The largest absolute Gasteiger partial charge is 0.493 e. The second kappa shape index (κ2) is 8.23. The van der Waals surface area contributed by atoms with Gasteiger partial charge in [-0.3, -0.25) is 9.36 Å². The van der Waals surface area contributed by atoms with E-state index in [4.69, 9.17) is 14.5 Å². The highest BCUT2D eigenvalue weighted by Gasteiger charge is 2.18. The number of hydrogen-bond acceptors (Lipinski definition) is 3. The Morgan fingerprint density at radius 1 is 1.20 bits per heavy atom. The van der Waals surface area contributed by atoms with Gasteiger partial charge in [-0.15, -0.1) is 0 Å². The number of hydrogen-bond donors (Lipinski definition) is 3. The first-order valence-corrected chi connectivity index (χ1v) is 10.1. The van der Waals surface area contributed by atoms with Crippen LogP contribution < -0.4 is 21.0 Å². The Hall–Kier alpha value is -1.53. The van der Waals surface area contributed by atoms with E-state index in [2.05, 4.69) is 21.2 Å². The number of ether oxygens (including phenoxy) is 1. The predicted molar refractivity (Wildman–Crippen MR) is 107 cm³/mol. The molecule has 0 atom stereocenters. The van der Waals surface area contributed by atoms with Gasteiger partial charge in [0.25, 0.3) is 5.91 Å². The lowest BCUT2D eigenvalue weighted by Gasteiger charge is -2.15. The molecular weight excluding hydrogens is 407 g/mol. The monoisotopic (exact) mass is 423 g/mol. The van der Waals surface area contributed by atoms with Crippen molar-refractivity contribution in [2.45, 2.75) is 0 Å². The number of benzene rings is 2. The van der Waals surface area contributed by atoms with Gasteiger partial charge in [0.05, 0.1) is 18.3 Å². The SMILES string of the molecule is Bc1ccc(NC(=O)c2cc(Br)cc(B)c2OCCP(=O)(O)O)cc1. The van der Waals surface area contributed by atoms with Crippen molar-refractivity contribution in [1.29, 1.82) is 0 Å². The first kappa shape index (κ1) is 19.8. The molecule has 2 aromatic carbocycles. The van der Waals surface area contributed by atoms with Gasteiger partial charge in [-0.25, -0.2) is 0 Å². The van der Waals surface area contributed by atoms with E-state index in [1.807, 2.05) is 20.0 Å². The van der Waals surface area contributed by atoms with E-state index in [0.29, 0.717) is 21.4 Å². The third-order valence-corrected chi connectivity index (χ3v) is 4.65. The van der Waals surface area contributed by atoms with Gasteiger partial charge in [0.15, 0.2) is 0 Å². The highest BCUT2D eigenvalue weighted by Crippen LogP contribution is 2.33. The molecular formula is C15H17B2BrNO5P. The van der Waals surface area contributed by atoms with Crippen LogP contribution in [-0.4, -0.2) is 44.2 Å². The smallest absolute Gasteiger partial charge is 0.328 e. The summed E-state index contributed by atoms with van der Waals surface area (Å²) in [6.07, 6.45) is -0.415. The molecule has 0 bridgehead atoms. The third kappa shape index (κ3) is 6.04. The molecule has 0 radical (unpaired) electrons.